The molecule has 2 aromatic rings. The molecule has 0 spiro atoms. The first kappa shape index (κ1) is 15.9. The Hall–Kier alpha value is -3.02. The van der Waals surface area contributed by atoms with Gasteiger partial charge in [0.25, 0.3) is 0 Å². The number of benzene rings is 2. The predicted molar refractivity (Wildman–Crippen MR) is 85.8 cm³/mol. The lowest BCUT2D eigenvalue weighted by molar-refractivity contribution is -0.139. The molecule has 3 rings (SSSR count). The van der Waals surface area contributed by atoms with Crippen molar-refractivity contribution in [2.24, 2.45) is 0 Å². The number of carbonyl (C=O) groups is 2. The molecular weight excluding hydrogens is 310 g/mol. The SMILES string of the molecule is O=C(N[C@H](C(=O)O)c1ccc2c(c1)CCO2)OCc1ccccc1. The van der Waals surface area contributed by atoms with Crippen molar-refractivity contribution in [2.75, 3.05) is 6.61 Å². The fourth-order valence-corrected chi connectivity index (χ4v) is 2.56. The monoisotopic (exact) mass is 327 g/mol. The number of rotatable bonds is 5. The van der Waals surface area contributed by atoms with E-state index >= 15 is 0 Å². The molecule has 0 fully saturated rings. The van der Waals surface area contributed by atoms with Crippen LogP contribution in [0.5, 0.6) is 5.75 Å². The highest BCUT2D eigenvalue weighted by Crippen LogP contribution is 2.28. The molecule has 1 heterocycles. The van der Waals surface area contributed by atoms with Gasteiger partial charge >= 0.3 is 12.1 Å². The number of aliphatic carboxylic acids is 1. The molecule has 0 aliphatic carbocycles. The number of nitrogens with one attached hydrogen (secondary N) is 1. The van der Waals surface area contributed by atoms with E-state index in [9.17, 15) is 14.7 Å². The summed E-state index contributed by atoms with van der Waals surface area (Å²) >= 11 is 0. The molecule has 6 heteroatoms. The van der Waals surface area contributed by atoms with Crippen molar-refractivity contribution in [2.45, 2.75) is 19.1 Å². The molecule has 124 valence electrons. The molecule has 1 amide bonds. The van der Waals surface area contributed by atoms with Gasteiger partial charge in [-0.2, -0.15) is 0 Å². The van der Waals surface area contributed by atoms with Crippen LogP contribution >= 0.6 is 0 Å². The zero-order valence-corrected chi connectivity index (χ0v) is 12.9. The summed E-state index contributed by atoms with van der Waals surface area (Å²) in [7, 11) is 0. The van der Waals surface area contributed by atoms with Crippen molar-refractivity contribution >= 4 is 12.1 Å². The van der Waals surface area contributed by atoms with Gasteiger partial charge in [0.1, 0.15) is 12.4 Å². The van der Waals surface area contributed by atoms with Gasteiger partial charge in [0, 0.05) is 6.42 Å². The van der Waals surface area contributed by atoms with E-state index in [0.717, 1.165) is 23.3 Å². The van der Waals surface area contributed by atoms with Crippen molar-refractivity contribution in [3.63, 3.8) is 0 Å². The number of hydrogen-bond donors (Lipinski definition) is 2. The number of ether oxygens (including phenoxy) is 2. The van der Waals surface area contributed by atoms with E-state index in [-0.39, 0.29) is 6.61 Å². The minimum atomic E-state index is -1.17. The summed E-state index contributed by atoms with van der Waals surface area (Å²) in [6, 6.07) is 13.1. The van der Waals surface area contributed by atoms with Crippen LogP contribution in [0.15, 0.2) is 48.5 Å². The van der Waals surface area contributed by atoms with E-state index in [1.54, 1.807) is 18.2 Å². The van der Waals surface area contributed by atoms with E-state index in [1.165, 1.54) is 0 Å². The average molecular weight is 327 g/mol. The smallest absolute Gasteiger partial charge is 0.408 e. The first-order chi connectivity index (χ1) is 11.6. The molecule has 1 atom stereocenters. The van der Waals surface area contributed by atoms with Crippen LogP contribution in [0.3, 0.4) is 0 Å². The maximum absolute atomic E-state index is 11.9. The second kappa shape index (κ2) is 7.04. The number of carbonyl (C=O) groups excluding carboxylic acids is 1. The Labute approximate surface area is 139 Å². The first-order valence-corrected chi connectivity index (χ1v) is 7.59. The van der Waals surface area contributed by atoms with Crippen LogP contribution in [0.4, 0.5) is 4.79 Å². The zero-order chi connectivity index (χ0) is 16.9. The van der Waals surface area contributed by atoms with Crippen LogP contribution < -0.4 is 10.1 Å². The van der Waals surface area contributed by atoms with E-state index < -0.39 is 18.1 Å². The van der Waals surface area contributed by atoms with Gasteiger partial charge in [0.05, 0.1) is 6.61 Å². The summed E-state index contributed by atoms with van der Waals surface area (Å²) in [6.07, 6.45) is -0.0449. The second-order valence-corrected chi connectivity index (χ2v) is 5.44. The predicted octanol–water partition coefficient (Wildman–Crippen LogP) is 2.67. The fourth-order valence-electron chi connectivity index (χ4n) is 2.56. The summed E-state index contributed by atoms with van der Waals surface area (Å²) < 4.78 is 10.5. The Morgan fingerprint density at radius 2 is 2.00 bits per heavy atom. The van der Waals surface area contributed by atoms with Crippen molar-refractivity contribution in [3.8, 4) is 5.75 Å². The average Bonchev–Trinajstić information content (AvgIpc) is 3.06. The number of amides is 1. The van der Waals surface area contributed by atoms with Gasteiger partial charge in [-0.1, -0.05) is 36.4 Å². The number of fused-ring (bicyclic) bond motifs is 1. The third kappa shape index (κ3) is 3.65. The third-order valence-corrected chi connectivity index (χ3v) is 3.77. The number of alkyl carbamates (subject to hydrolysis) is 1. The molecule has 0 radical (unpaired) electrons. The molecule has 0 bridgehead atoms. The van der Waals surface area contributed by atoms with Crippen LogP contribution in [-0.2, 0) is 22.6 Å². The van der Waals surface area contributed by atoms with Crippen LogP contribution in [0.1, 0.15) is 22.7 Å². The van der Waals surface area contributed by atoms with Crippen molar-refractivity contribution < 1.29 is 24.2 Å². The lowest BCUT2D eigenvalue weighted by Gasteiger charge is -2.15. The van der Waals surface area contributed by atoms with E-state index in [2.05, 4.69) is 5.32 Å². The molecule has 0 aromatic heterocycles. The van der Waals surface area contributed by atoms with E-state index in [1.807, 2.05) is 30.3 Å². The van der Waals surface area contributed by atoms with Gasteiger partial charge in [0.2, 0.25) is 0 Å². The molecular formula is C18H17NO5. The Kier molecular flexibility index (Phi) is 4.65. The normalized spacial score (nSPS) is 13.5. The summed E-state index contributed by atoms with van der Waals surface area (Å²) in [5.74, 6) is -0.389. The summed E-state index contributed by atoms with van der Waals surface area (Å²) in [5.41, 5.74) is 2.26. The highest BCUT2D eigenvalue weighted by atomic mass is 16.5. The fraction of sp³-hybridized carbons (Fsp3) is 0.222. The number of hydrogen-bond acceptors (Lipinski definition) is 4. The lowest BCUT2D eigenvalue weighted by atomic mass is 10.0. The minimum Gasteiger partial charge on any atom is -0.493 e. The van der Waals surface area contributed by atoms with Crippen LogP contribution in [0.25, 0.3) is 0 Å². The summed E-state index contributed by atoms with van der Waals surface area (Å²) in [5, 5.41) is 11.8. The molecule has 2 N–H and O–H groups in total. The Bertz CT molecular complexity index is 744. The van der Waals surface area contributed by atoms with Crippen LogP contribution in [-0.4, -0.2) is 23.8 Å². The molecule has 1 aliphatic heterocycles. The lowest BCUT2D eigenvalue weighted by Crippen LogP contribution is -2.34. The van der Waals surface area contributed by atoms with Gasteiger partial charge in [-0.3, -0.25) is 0 Å². The first-order valence-electron chi connectivity index (χ1n) is 7.59. The highest BCUT2D eigenvalue weighted by molar-refractivity contribution is 5.81. The van der Waals surface area contributed by atoms with E-state index in [4.69, 9.17) is 9.47 Å². The van der Waals surface area contributed by atoms with Crippen LogP contribution in [0.2, 0.25) is 0 Å². The topological polar surface area (TPSA) is 84.9 Å². The van der Waals surface area contributed by atoms with Crippen molar-refractivity contribution in [1.29, 1.82) is 0 Å². The van der Waals surface area contributed by atoms with Gasteiger partial charge < -0.3 is 19.9 Å². The quantitative estimate of drug-likeness (QED) is 0.882. The maximum atomic E-state index is 11.9. The molecule has 24 heavy (non-hydrogen) atoms. The van der Waals surface area contributed by atoms with Crippen LogP contribution in [0, 0.1) is 0 Å². The van der Waals surface area contributed by atoms with Gasteiger partial charge in [-0.05, 0) is 28.8 Å². The second-order valence-electron chi connectivity index (χ2n) is 5.44. The number of carboxylic acids is 1. The number of carboxylic acid groups (broad SMARTS) is 1. The van der Waals surface area contributed by atoms with E-state index in [0.29, 0.717) is 12.2 Å². The Balaban J connectivity index is 1.65. The molecule has 2 aromatic carbocycles. The Morgan fingerprint density at radius 1 is 1.21 bits per heavy atom. The standard InChI is InChI=1S/C18H17NO5/c20-17(21)16(14-6-7-15-13(10-14)8-9-23-15)19-18(22)24-11-12-4-2-1-3-5-12/h1-7,10,16H,8-9,11H2,(H,19,22)(H,20,21)/t16-/m0/s1. The van der Waals surface area contributed by atoms with Gasteiger partial charge in [-0.15, -0.1) is 0 Å². The molecule has 0 unspecified atom stereocenters. The van der Waals surface area contributed by atoms with Crippen molar-refractivity contribution in [3.05, 3.63) is 65.2 Å². The zero-order valence-electron chi connectivity index (χ0n) is 12.9. The molecule has 1 aliphatic rings. The minimum absolute atomic E-state index is 0.0804. The van der Waals surface area contributed by atoms with Gasteiger partial charge in [-0.25, -0.2) is 9.59 Å². The molecule has 0 saturated carbocycles. The van der Waals surface area contributed by atoms with Crippen molar-refractivity contribution in [1.82, 2.24) is 5.32 Å². The third-order valence-electron chi connectivity index (χ3n) is 3.77. The largest absolute Gasteiger partial charge is 0.493 e. The maximum Gasteiger partial charge on any atom is 0.408 e. The summed E-state index contributed by atoms with van der Waals surface area (Å²) in [6.45, 7) is 0.667. The molecule has 6 nitrogen and oxygen atoms in total. The highest BCUT2D eigenvalue weighted by Gasteiger charge is 2.24. The summed E-state index contributed by atoms with van der Waals surface area (Å²) in [4.78, 5) is 23.4. The molecule has 0 saturated heterocycles. The van der Waals surface area contributed by atoms with Gasteiger partial charge in [0.15, 0.2) is 6.04 Å². The Morgan fingerprint density at radius 3 is 2.75 bits per heavy atom.